The quantitative estimate of drug-likeness (QED) is 0.316. The van der Waals surface area contributed by atoms with Crippen LogP contribution in [0, 0.1) is 6.92 Å². The summed E-state index contributed by atoms with van der Waals surface area (Å²) in [6.07, 6.45) is 0. The summed E-state index contributed by atoms with van der Waals surface area (Å²) in [5, 5.41) is 14.4. The van der Waals surface area contributed by atoms with E-state index in [0.29, 0.717) is 38.5 Å². The summed E-state index contributed by atoms with van der Waals surface area (Å²) in [7, 11) is 3.24. The van der Waals surface area contributed by atoms with Crippen LogP contribution in [0.2, 0.25) is 0 Å². The first-order valence-electron chi connectivity index (χ1n) is 10.6. The van der Waals surface area contributed by atoms with Crippen LogP contribution >= 0.6 is 11.3 Å². The number of nitrogens with zero attached hydrogens (tertiary/aromatic N) is 3. The van der Waals surface area contributed by atoms with E-state index in [1.165, 1.54) is 11.3 Å². The Morgan fingerprint density at radius 2 is 1.76 bits per heavy atom. The van der Waals surface area contributed by atoms with E-state index >= 15 is 0 Å². The number of hydrogen-bond acceptors (Lipinski definition) is 8. The molecule has 5 aromatic rings. The van der Waals surface area contributed by atoms with Crippen molar-refractivity contribution in [1.82, 2.24) is 10.2 Å². The lowest BCUT2D eigenvalue weighted by atomic mass is 10.2. The highest BCUT2D eigenvalue weighted by atomic mass is 32.1. The Kier molecular flexibility index (Phi) is 5.97. The highest BCUT2D eigenvalue weighted by Crippen LogP contribution is 2.32. The Hall–Kier alpha value is -4.17. The van der Waals surface area contributed by atoms with Gasteiger partial charge in [0.2, 0.25) is 10.7 Å². The second-order valence-corrected chi connectivity index (χ2v) is 8.49. The summed E-state index contributed by atoms with van der Waals surface area (Å²) in [5.74, 6) is 1.34. The van der Waals surface area contributed by atoms with Crippen molar-refractivity contribution in [2.75, 3.05) is 19.5 Å². The summed E-state index contributed by atoms with van der Waals surface area (Å²) in [5.41, 5.74) is 4.56. The predicted molar refractivity (Wildman–Crippen MR) is 134 cm³/mol. The molecule has 1 N–H and O–H groups in total. The first-order valence-corrected chi connectivity index (χ1v) is 11.4. The fourth-order valence-corrected chi connectivity index (χ4v) is 4.29. The van der Waals surface area contributed by atoms with Crippen molar-refractivity contribution in [3.63, 3.8) is 0 Å². The average molecular weight is 471 g/mol. The topological polar surface area (TPSA) is 81.8 Å². The van der Waals surface area contributed by atoms with Crippen LogP contribution in [0.1, 0.15) is 5.56 Å². The number of anilines is 2. The van der Waals surface area contributed by atoms with Gasteiger partial charge in [-0.25, -0.2) is 4.99 Å². The molecule has 3 aromatic carbocycles. The molecule has 170 valence electrons. The van der Waals surface area contributed by atoms with E-state index in [2.05, 4.69) is 15.5 Å². The van der Waals surface area contributed by atoms with Crippen molar-refractivity contribution in [1.29, 1.82) is 0 Å². The summed E-state index contributed by atoms with van der Waals surface area (Å²) in [6.45, 7) is 2.05. The molecule has 34 heavy (non-hydrogen) atoms. The molecule has 0 amide bonds. The van der Waals surface area contributed by atoms with Gasteiger partial charge in [0.25, 0.3) is 0 Å². The Labute approximate surface area is 200 Å². The molecule has 0 fully saturated rings. The molecule has 0 aliphatic carbocycles. The summed E-state index contributed by atoms with van der Waals surface area (Å²) >= 11 is 1.43. The predicted octanol–water partition coefficient (Wildman–Crippen LogP) is 6.25. The lowest BCUT2D eigenvalue weighted by Gasteiger charge is -2.07. The molecule has 0 bridgehead atoms. The Bertz CT molecular complexity index is 1540. The van der Waals surface area contributed by atoms with Gasteiger partial charge < -0.3 is 19.2 Å². The van der Waals surface area contributed by atoms with Crippen LogP contribution in [0.5, 0.6) is 11.5 Å². The first kappa shape index (κ1) is 21.7. The minimum atomic E-state index is 0.406. The van der Waals surface area contributed by atoms with Crippen LogP contribution in [-0.4, -0.2) is 24.4 Å². The van der Waals surface area contributed by atoms with Gasteiger partial charge in [0.05, 0.1) is 25.5 Å². The molecule has 0 aliphatic rings. The van der Waals surface area contributed by atoms with Gasteiger partial charge in [-0.15, -0.1) is 10.2 Å². The zero-order valence-corrected chi connectivity index (χ0v) is 19.7. The molecule has 0 saturated carbocycles. The van der Waals surface area contributed by atoms with E-state index in [9.17, 15) is 0 Å². The SMILES string of the molecule is COc1cccc(N=c2oc3c(OC)cccc3cc2-c2nnc(Nc3ccccc3C)s2)c1. The number of rotatable bonds is 6. The molecular weight excluding hydrogens is 448 g/mol. The Morgan fingerprint density at radius 3 is 2.59 bits per heavy atom. The zero-order chi connectivity index (χ0) is 23.5. The number of methoxy groups -OCH3 is 2. The number of benzene rings is 3. The summed E-state index contributed by atoms with van der Waals surface area (Å²) in [6, 6.07) is 23.3. The zero-order valence-electron chi connectivity index (χ0n) is 18.9. The maximum absolute atomic E-state index is 6.28. The monoisotopic (exact) mass is 470 g/mol. The van der Waals surface area contributed by atoms with Gasteiger partial charge in [0.1, 0.15) is 5.75 Å². The number of nitrogens with one attached hydrogen (secondary N) is 1. The third-order valence-corrected chi connectivity index (χ3v) is 6.16. The number of hydrogen-bond donors (Lipinski definition) is 1. The van der Waals surface area contributed by atoms with Crippen LogP contribution in [0.3, 0.4) is 0 Å². The van der Waals surface area contributed by atoms with E-state index in [1.54, 1.807) is 14.2 Å². The molecule has 0 aliphatic heterocycles. The van der Waals surface area contributed by atoms with Crippen molar-refractivity contribution >= 4 is 38.8 Å². The third kappa shape index (κ3) is 4.35. The molecule has 8 heteroatoms. The van der Waals surface area contributed by atoms with Gasteiger partial charge in [0.15, 0.2) is 16.3 Å². The van der Waals surface area contributed by atoms with Gasteiger partial charge in [-0.05, 0) is 42.8 Å². The van der Waals surface area contributed by atoms with Crippen molar-refractivity contribution < 1.29 is 13.9 Å². The standard InChI is InChI=1S/C26H22N4O3S/c1-16-8-4-5-12-21(16)28-26-30-29-25(34-26)20-14-17-9-6-13-22(32-3)23(17)33-24(20)27-18-10-7-11-19(15-18)31-2/h4-15H,1-3H3,(H,28,30). The molecule has 0 saturated heterocycles. The molecule has 0 spiro atoms. The summed E-state index contributed by atoms with van der Waals surface area (Å²) < 4.78 is 17.1. The average Bonchev–Trinajstić information content (AvgIpc) is 3.33. The van der Waals surface area contributed by atoms with Gasteiger partial charge in [-0.3, -0.25) is 0 Å². The van der Waals surface area contributed by atoms with E-state index in [-0.39, 0.29) is 0 Å². The van der Waals surface area contributed by atoms with Crippen LogP contribution in [0.4, 0.5) is 16.5 Å². The van der Waals surface area contributed by atoms with Gasteiger partial charge >= 0.3 is 0 Å². The van der Waals surface area contributed by atoms with Crippen molar-refractivity contribution in [2.45, 2.75) is 6.92 Å². The van der Waals surface area contributed by atoms with Crippen LogP contribution in [0.25, 0.3) is 21.5 Å². The Balaban J connectivity index is 1.65. The minimum absolute atomic E-state index is 0.406. The smallest absolute Gasteiger partial charge is 0.230 e. The normalized spacial score (nSPS) is 11.6. The van der Waals surface area contributed by atoms with Gasteiger partial charge in [-0.2, -0.15) is 0 Å². The van der Waals surface area contributed by atoms with Gasteiger partial charge in [-0.1, -0.05) is 47.7 Å². The third-order valence-electron chi connectivity index (χ3n) is 5.28. The number of ether oxygens (including phenoxy) is 2. The lowest BCUT2D eigenvalue weighted by molar-refractivity contribution is 0.406. The number of fused-ring (bicyclic) bond motifs is 1. The first-order chi connectivity index (χ1) is 16.6. The van der Waals surface area contributed by atoms with Crippen LogP contribution < -0.4 is 20.3 Å². The second kappa shape index (κ2) is 9.36. The molecule has 0 atom stereocenters. The largest absolute Gasteiger partial charge is 0.497 e. The molecular formula is C26H22N4O3S. The molecule has 2 aromatic heterocycles. The molecule has 0 unspecified atom stereocenters. The lowest BCUT2D eigenvalue weighted by Crippen LogP contribution is -2.06. The Morgan fingerprint density at radius 1 is 0.912 bits per heavy atom. The molecule has 5 rings (SSSR count). The number of aryl methyl sites for hydroxylation is 1. The summed E-state index contributed by atoms with van der Waals surface area (Å²) in [4.78, 5) is 4.78. The number of aromatic nitrogens is 2. The fraction of sp³-hybridized carbons (Fsp3) is 0.115. The molecule has 0 radical (unpaired) electrons. The van der Waals surface area contributed by atoms with Crippen molar-refractivity contribution in [3.05, 3.63) is 83.9 Å². The van der Waals surface area contributed by atoms with E-state index < -0.39 is 0 Å². The molecule has 7 nitrogen and oxygen atoms in total. The second-order valence-electron chi connectivity index (χ2n) is 7.51. The van der Waals surface area contributed by atoms with Gasteiger partial charge in [0, 0.05) is 17.1 Å². The van der Waals surface area contributed by atoms with Crippen molar-refractivity contribution in [3.8, 4) is 22.1 Å². The van der Waals surface area contributed by atoms with Crippen molar-refractivity contribution in [2.24, 2.45) is 4.99 Å². The maximum Gasteiger partial charge on any atom is 0.230 e. The van der Waals surface area contributed by atoms with E-state index in [0.717, 1.165) is 22.2 Å². The highest BCUT2D eigenvalue weighted by Gasteiger charge is 2.15. The minimum Gasteiger partial charge on any atom is -0.497 e. The molecule has 2 heterocycles. The highest BCUT2D eigenvalue weighted by molar-refractivity contribution is 7.18. The van der Waals surface area contributed by atoms with E-state index in [4.69, 9.17) is 18.9 Å². The maximum atomic E-state index is 6.28. The number of para-hydroxylation sites is 2. The van der Waals surface area contributed by atoms with Crippen LogP contribution in [0.15, 0.2) is 82.2 Å². The van der Waals surface area contributed by atoms with E-state index in [1.807, 2.05) is 79.7 Å². The fourth-order valence-electron chi connectivity index (χ4n) is 3.53. The van der Waals surface area contributed by atoms with Crippen LogP contribution in [-0.2, 0) is 0 Å².